The van der Waals surface area contributed by atoms with Gasteiger partial charge in [0.2, 0.25) is 5.43 Å². The molecule has 0 aliphatic carbocycles. The number of rotatable bonds is 2. The summed E-state index contributed by atoms with van der Waals surface area (Å²) in [6.07, 6.45) is 3.45. The molecule has 1 saturated heterocycles. The van der Waals surface area contributed by atoms with Crippen LogP contribution < -0.4 is 10.3 Å². The lowest BCUT2D eigenvalue weighted by Gasteiger charge is -2.26. The molecule has 1 fully saturated rings. The monoisotopic (exact) mass is 361 g/mol. The lowest BCUT2D eigenvalue weighted by Crippen LogP contribution is -2.29. The Morgan fingerprint density at radius 3 is 2.71 bits per heavy atom. The third-order valence-electron chi connectivity index (χ3n) is 4.36. The minimum Gasteiger partial charge on any atom is -0.506 e. The van der Waals surface area contributed by atoms with Crippen molar-refractivity contribution in [1.29, 1.82) is 0 Å². The number of hydrogen-bond donors (Lipinski definition) is 1. The minimum absolute atomic E-state index is 0.0158. The number of phenolic OH excluding ortho intramolecular Hbond substituents is 1. The summed E-state index contributed by atoms with van der Waals surface area (Å²) in [6.45, 7) is 1.83. The van der Waals surface area contributed by atoms with Crippen LogP contribution in [0.2, 0.25) is 5.02 Å². The molecule has 0 saturated carbocycles. The number of phenols is 1. The molecule has 4 nitrogen and oxygen atoms in total. The molecule has 1 aliphatic heterocycles. The average Bonchev–Trinajstić information content (AvgIpc) is 3.03. The van der Waals surface area contributed by atoms with Crippen LogP contribution in [0.4, 0.5) is 5.88 Å². The largest absolute Gasteiger partial charge is 0.506 e. The first-order valence-electron chi connectivity index (χ1n) is 7.92. The second-order valence-electron chi connectivity index (χ2n) is 5.97. The van der Waals surface area contributed by atoms with Gasteiger partial charge in [-0.05, 0) is 37.0 Å². The van der Waals surface area contributed by atoms with E-state index in [1.165, 1.54) is 17.8 Å². The summed E-state index contributed by atoms with van der Waals surface area (Å²) >= 11 is 7.39. The van der Waals surface area contributed by atoms with E-state index in [0.29, 0.717) is 16.2 Å². The van der Waals surface area contributed by atoms with Gasteiger partial charge in [0.1, 0.15) is 10.4 Å². The molecule has 0 radical (unpaired) electrons. The number of thiophene rings is 1. The maximum atomic E-state index is 12.5. The van der Waals surface area contributed by atoms with Crippen molar-refractivity contribution in [2.75, 3.05) is 18.0 Å². The van der Waals surface area contributed by atoms with Crippen LogP contribution in [-0.4, -0.2) is 18.2 Å². The summed E-state index contributed by atoms with van der Waals surface area (Å²) in [4.78, 5) is 14.6. The maximum absolute atomic E-state index is 12.5. The molecular weight excluding hydrogens is 346 g/mol. The Hall–Kier alpha value is -1.98. The van der Waals surface area contributed by atoms with Crippen molar-refractivity contribution in [3.63, 3.8) is 0 Å². The van der Waals surface area contributed by atoms with Gasteiger partial charge >= 0.3 is 0 Å². The molecule has 24 heavy (non-hydrogen) atoms. The fraction of sp³-hybridized carbons (Fsp3) is 0.278. The van der Waals surface area contributed by atoms with Crippen molar-refractivity contribution >= 4 is 39.1 Å². The number of anilines is 1. The van der Waals surface area contributed by atoms with Gasteiger partial charge in [-0.25, -0.2) is 0 Å². The second kappa shape index (κ2) is 6.15. The van der Waals surface area contributed by atoms with E-state index in [2.05, 4.69) is 4.90 Å². The topological polar surface area (TPSA) is 53.7 Å². The van der Waals surface area contributed by atoms with Crippen molar-refractivity contribution in [2.24, 2.45) is 0 Å². The van der Waals surface area contributed by atoms with E-state index in [4.69, 9.17) is 16.0 Å². The van der Waals surface area contributed by atoms with Crippen LogP contribution in [0.15, 0.2) is 38.9 Å². The van der Waals surface area contributed by atoms with Crippen molar-refractivity contribution in [2.45, 2.75) is 19.3 Å². The van der Waals surface area contributed by atoms with Crippen molar-refractivity contribution in [3.8, 4) is 16.9 Å². The standard InChI is InChI=1S/C18H16ClNO3S/c19-13-8-11(4-5-14(13)21)12-10-24-18-15(22)9-16(23-17(12)18)20-6-2-1-3-7-20/h4-5,8-10,21H,1-3,6-7H2. The smallest absolute Gasteiger partial charge is 0.204 e. The lowest BCUT2D eigenvalue weighted by molar-refractivity contribution is 0.475. The molecule has 124 valence electrons. The third-order valence-corrected chi connectivity index (χ3v) is 5.64. The molecular formula is C18H16ClNO3S. The van der Waals surface area contributed by atoms with Crippen LogP contribution in [-0.2, 0) is 0 Å². The number of nitrogens with zero attached hydrogens (tertiary/aromatic N) is 1. The van der Waals surface area contributed by atoms with E-state index in [9.17, 15) is 9.90 Å². The fourth-order valence-electron chi connectivity index (χ4n) is 3.07. The van der Waals surface area contributed by atoms with E-state index in [0.717, 1.165) is 37.1 Å². The maximum Gasteiger partial charge on any atom is 0.204 e. The van der Waals surface area contributed by atoms with Gasteiger partial charge in [0.25, 0.3) is 0 Å². The number of piperidine rings is 1. The third kappa shape index (κ3) is 2.68. The second-order valence-corrected chi connectivity index (χ2v) is 7.26. The molecule has 6 heteroatoms. The Bertz CT molecular complexity index is 957. The van der Waals surface area contributed by atoms with Crippen LogP contribution in [0.1, 0.15) is 19.3 Å². The summed E-state index contributed by atoms with van der Waals surface area (Å²) in [7, 11) is 0. The van der Waals surface area contributed by atoms with Gasteiger partial charge < -0.3 is 14.4 Å². The Morgan fingerprint density at radius 2 is 1.96 bits per heavy atom. The molecule has 0 atom stereocenters. The predicted octanol–water partition coefficient (Wildman–Crippen LogP) is 4.87. The van der Waals surface area contributed by atoms with Crippen molar-refractivity contribution in [3.05, 3.63) is 44.9 Å². The molecule has 1 aliphatic rings. The van der Waals surface area contributed by atoms with Gasteiger partial charge in [-0.1, -0.05) is 17.7 Å². The van der Waals surface area contributed by atoms with Crippen LogP contribution in [0, 0.1) is 0 Å². The Balaban J connectivity index is 1.86. The highest BCUT2D eigenvalue weighted by Crippen LogP contribution is 2.37. The number of hydrogen-bond acceptors (Lipinski definition) is 5. The molecule has 3 aromatic rings. The summed E-state index contributed by atoms with van der Waals surface area (Å²) in [5.41, 5.74) is 2.23. The normalized spacial score (nSPS) is 15.1. The molecule has 0 spiro atoms. The number of aromatic hydroxyl groups is 1. The molecule has 4 rings (SSSR count). The van der Waals surface area contributed by atoms with E-state index < -0.39 is 0 Å². The summed E-state index contributed by atoms with van der Waals surface area (Å²) in [5.74, 6) is 0.673. The average molecular weight is 362 g/mol. The quantitative estimate of drug-likeness (QED) is 0.707. The first kappa shape index (κ1) is 15.5. The van der Waals surface area contributed by atoms with Gasteiger partial charge in [-0.3, -0.25) is 4.79 Å². The van der Waals surface area contributed by atoms with Gasteiger partial charge in [-0.15, -0.1) is 11.3 Å². The molecule has 3 heterocycles. The van der Waals surface area contributed by atoms with Crippen LogP contribution in [0.25, 0.3) is 21.4 Å². The minimum atomic E-state index is -0.0158. The zero-order valence-electron chi connectivity index (χ0n) is 12.9. The predicted molar refractivity (Wildman–Crippen MR) is 98.5 cm³/mol. The van der Waals surface area contributed by atoms with Crippen LogP contribution in [0.5, 0.6) is 5.75 Å². The van der Waals surface area contributed by atoms with E-state index >= 15 is 0 Å². The van der Waals surface area contributed by atoms with E-state index in [1.807, 2.05) is 5.38 Å². The zero-order valence-corrected chi connectivity index (χ0v) is 14.5. The molecule has 1 N–H and O–H groups in total. The summed E-state index contributed by atoms with van der Waals surface area (Å²) in [5, 5.41) is 11.8. The number of halogens is 1. The summed E-state index contributed by atoms with van der Waals surface area (Å²) in [6, 6.07) is 6.60. The molecule has 1 aromatic carbocycles. The lowest BCUT2D eigenvalue weighted by atomic mass is 10.1. The Labute approximate surface area is 147 Å². The highest BCUT2D eigenvalue weighted by Gasteiger charge is 2.18. The number of benzene rings is 1. The van der Waals surface area contributed by atoms with E-state index in [1.54, 1.807) is 24.3 Å². The van der Waals surface area contributed by atoms with Gasteiger partial charge in [0.05, 0.1) is 5.02 Å². The van der Waals surface area contributed by atoms with Crippen LogP contribution >= 0.6 is 22.9 Å². The molecule has 2 aromatic heterocycles. The van der Waals surface area contributed by atoms with E-state index in [-0.39, 0.29) is 16.2 Å². The molecule has 0 unspecified atom stereocenters. The van der Waals surface area contributed by atoms with Crippen LogP contribution in [0.3, 0.4) is 0 Å². The van der Waals surface area contributed by atoms with Gasteiger partial charge in [-0.2, -0.15) is 0 Å². The van der Waals surface area contributed by atoms with Crippen molar-refractivity contribution in [1.82, 2.24) is 0 Å². The molecule has 0 bridgehead atoms. The SMILES string of the molecule is O=c1cc(N2CCCCC2)oc2c(-c3ccc(O)c(Cl)c3)csc12. The fourth-order valence-corrected chi connectivity index (χ4v) is 4.17. The first-order chi connectivity index (χ1) is 11.6. The Kier molecular flexibility index (Phi) is 3.98. The van der Waals surface area contributed by atoms with Gasteiger partial charge in [0.15, 0.2) is 11.5 Å². The number of fused-ring (bicyclic) bond motifs is 1. The van der Waals surface area contributed by atoms with Gasteiger partial charge in [0, 0.05) is 30.1 Å². The summed E-state index contributed by atoms with van der Waals surface area (Å²) < 4.78 is 6.71. The highest BCUT2D eigenvalue weighted by atomic mass is 35.5. The highest BCUT2D eigenvalue weighted by molar-refractivity contribution is 7.17. The zero-order chi connectivity index (χ0) is 16.7. The molecule has 0 amide bonds. The first-order valence-corrected chi connectivity index (χ1v) is 9.18. The Morgan fingerprint density at radius 1 is 1.17 bits per heavy atom. The van der Waals surface area contributed by atoms with Crippen molar-refractivity contribution < 1.29 is 9.52 Å².